The van der Waals surface area contributed by atoms with Gasteiger partial charge >= 0.3 is 0 Å². The number of halogens is 2. The average molecular weight is 525 g/mol. The molecule has 0 fully saturated rings. The number of aliphatic imine (C=N–C) groups is 1. The Bertz CT molecular complexity index is 859. The molecule has 0 bridgehead atoms. The number of likely N-dealkylation sites (N-methyl/N-ethyl adjacent to an activating group) is 1. The molecule has 0 radical (unpaired) electrons. The maximum absolute atomic E-state index is 13.0. The lowest BCUT2D eigenvalue weighted by Gasteiger charge is -2.26. The summed E-state index contributed by atoms with van der Waals surface area (Å²) in [5, 5.41) is 9.56. The van der Waals surface area contributed by atoms with Gasteiger partial charge in [-0.3, -0.25) is 9.79 Å². The van der Waals surface area contributed by atoms with E-state index in [0.717, 1.165) is 36.4 Å². The van der Waals surface area contributed by atoms with Crippen molar-refractivity contribution in [3.63, 3.8) is 0 Å². The molecular weight excluding hydrogens is 496 g/mol. The second-order valence-corrected chi connectivity index (χ2v) is 7.28. The van der Waals surface area contributed by atoms with Gasteiger partial charge in [-0.15, -0.1) is 24.0 Å². The Morgan fingerprint density at radius 3 is 2.67 bits per heavy atom. The van der Waals surface area contributed by atoms with E-state index in [2.05, 4.69) is 31.9 Å². The van der Waals surface area contributed by atoms with Gasteiger partial charge in [0, 0.05) is 51.3 Å². The topological polar surface area (TPSA) is 68.8 Å². The lowest BCUT2D eigenvalue weighted by molar-refractivity contribution is -0.116. The van der Waals surface area contributed by atoms with Gasteiger partial charge in [0.05, 0.1) is 0 Å². The van der Waals surface area contributed by atoms with Crippen molar-refractivity contribution in [2.45, 2.75) is 18.9 Å². The van der Waals surface area contributed by atoms with E-state index in [-0.39, 0.29) is 41.6 Å². The first kappa shape index (κ1) is 24.1. The number of hydrogen-bond acceptors (Lipinski definition) is 3. The third-order valence-electron chi connectivity index (χ3n) is 5.00. The molecule has 2 aromatic rings. The fraction of sp³-hybridized carbons (Fsp3) is 0.364. The van der Waals surface area contributed by atoms with Crippen LogP contribution in [0.3, 0.4) is 0 Å². The number of carbonyl (C=O) groups is 1. The molecule has 0 saturated heterocycles. The third-order valence-corrected chi connectivity index (χ3v) is 5.00. The highest BCUT2D eigenvalue weighted by molar-refractivity contribution is 14.0. The molecule has 2 aromatic carbocycles. The zero-order valence-electron chi connectivity index (χ0n) is 17.3. The van der Waals surface area contributed by atoms with E-state index < -0.39 is 0 Å². The summed E-state index contributed by atoms with van der Waals surface area (Å²) in [6.45, 7) is 2.92. The number of benzene rings is 2. The first-order valence-electron chi connectivity index (χ1n) is 9.81. The number of guanidine groups is 1. The Kier molecular flexibility index (Phi) is 9.51. The van der Waals surface area contributed by atoms with Gasteiger partial charge in [-0.05, 0) is 36.4 Å². The average Bonchev–Trinajstić information content (AvgIpc) is 2.72. The van der Waals surface area contributed by atoms with E-state index in [4.69, 9.17) is 0 Å². The van der Waals surface area contributed by atoms with Crippen LogP contribution in [0.5, 0.6) is 0 Å². The number of nitrogens with one attached hydrogen (secondary N) is 3. The van der Waals surface area contributed by atoms with E-state index in [9.17, 15) is 9.18 Å². The molecular formula is C22H29FIN5O. The van der Waals surface area contributed by atoms with Crippen molar-refractivity contribution < 1.29 is 9.18 Å². The van der Waals surface area contributed by atoms with Crippen molar-refractivity contribution in [3.05, 3.63) is 65.5 Å². The Labute approximate surface area is 194 Å². The number of amides is 1. The standard InChI is InChI=1S/C22H28FN5O.HI/c1-24-22(25-11-12-28(2)15-16-7-9-18(23)10-8-16)26-14-17-13-21(29)27-20-6-4-3-5-19(17)20;/h3-10,17H,11-15H2,1-2H3,(H,27,29)(H2,24,25,26);1H. The molecule has 162 valence electrons. The summed E-state index contributed by atoms with van der Waals surface area (Å²) >= 11 is 0. The lowest BCUT2D eigenvalue weighted by atomic mass is 9.90. The second kappa shape index (κ2) is 11.8. The van der Waals surface area contributed by atoms with Crippen LogP contribution in [0.4, 0.5) is 10.1 Å². The summed E-state index contributed by atoms with van der Waals surface area (Å²) in [5.41, 5.74) is 3.11. The van der Waals surface area contributed by atoms with Crippen LogP contribution < -0.4 is 16.0 Å². The van der Waals surface area contributed by atoms with Gasteiger partial charge in [0.15, 0.2) is 5.96 Å². The number of carbonyl (C=O) groups excluding carboxylic acids is 1. The molecule has 1 atom stereocenters. The quantitative estimate of drug-likeness (QED) is 0.295. The largest absolute Gasteiger partial charge is 0.356 e. The van der Waals surface area contributed by atoms with Gasteiger partial charge in [0.25, 0.3) is 0 Å². The number of fused-ring (bicyclic) bond motifs is 1. The van der Waals surface area contributed by atoms with Crippen LogP contribution in [0, 0.1) is 5.82 Å². The summed E-state index contributed by atoms with van der Waals surface area (Å²) in [5.74, 6) is 0.648. The van der Waals surface area contributed by atoms with Crippen molar-refractivity contribution >= 4 is 41.5 Å². The number of hydrogen-bond donors (Lipinski definition) is 3. The lowest BCUT2D eigenvalue weighted by Crippen LogP contribution is -2.43. The molecule has 1 heterocycles. The van der Waals surface area contributed by atoms with Gasteiger partial charge in [-0.1, -0.05) is 30.3 Å². The molecule has 0 aromatic heterocycles. The molecule has 1 aliphatic rings. The fourth-order valence-corrected chi connectivity index (χ4v) is 3.47. The monoisotopic (exact) mass is 525 g/mol. The fourth-order valence-electron chi connectivity index (χ4n) is 3.47. The molecule has 1 unspecified atom stereocenters. The van der Waals surface area contributed by atoms with Gasteiger partial charge in [0.1, 0.15) is 5.82 Å². The molecule has 8 heteroatoms. The first-order chi connectivity index (χ1) is 14.0. The normalized spacial score (nSPS) is 15.8. The van der Waals surface area contributed by atoms with E-state index in [1.807, 2.05) is 25.2 Å². The zero-order valence-corrected chi connectivity index (χ0v) is 19.7. The molecule has 1 aliphatic heterocycles. The SMILES string of the molecule is CN=C(NCCN(C)Cc1ccc(F)cc1)NCC1CC(=O)Nc2ccccc21.I. The maximum atomic E-state index is 13.0. The summed E-state index contributed by atoms with van der Waals surface area (Å²) in [6.07, 6.45) is 0.460. The number of anilines is 1. The molecule has 0 spiro atoms. The number of rotatable bonds is 7. The molecule has 3 N–H and O–H groups in total. The molecule has 6 nitrogen and oxygen atoms in total. The number of nitrogens with zero attached hydrogens (tertiary/aromatic N) is 2. The minimum Gasteiger partial charge on any atom is -0.356 e. The number of para-hydroxylation sites is 1. The van der Waals surface area contributed by atoms with Crippen molar-refractivity contribution in [2.75, 3.05) is 39.0 Å². The highest BCUT2D eigenvalue weighted by atomic mass is 127. The Morgan fingerprint density at radius 1 is 1.20 bits per heavy atom. The van der Waals surface area contributed by atoms with Crippen LogP contribution in [0.1, 0.15) is 23.5 Å². The first-order valence-corrected chi connectivity index (χ1v) is 9.81. The van der Waals surface area contributed by atoms with Crippen LogP contribution >= 0.6 is 24.0 Å². The van der Waals surface area contributed by atoms with E-state index in [1.54, 1.807) is 19.2 Å². The van der Waals surface area contributed by atoms with Crippen LogP contribution in [-0.2, 0) is 11.3 Å². The maximum Gasteiger partial charge on any atom is 0.225 e. The van der Waals surface area contributed by atoms with Crippen LogP contribution in [0.2, 0.25) is 0 Å². The summed E-state index contributed by atoms with van der Waals surface area (Å²) in [6, 6.07) is 14.5. The predicted octanol–water partition coefficient (Wildman–Crippen LogP) is 3.17. The van der Waals surface area contributed by atoms with E-state index in [0.29, 0.717) is 18.9 Å². The van der Waals surface area contributed by atoms with Crippen LogP contribution in [0.25, 0.3) is 0 Å². The van der Waals surface area contributed by atoms with Gasteiger partial charge < -0.3 is 20.9 Å². The summed E-state index contributed by atoms with van der Waals surface area (Å²) < 4.78 is 13.0. The highest BCUT2D eigenvalue weighted by Crippen LogP contribution is 2.31. The van der Waals surface area contributed by atoms with Crippen molar-refractivity contribution in [2.24, 2.45) is 4.99 Å². The second-order valence-electron chi connectivity index (χ2n) is 7.28. The predicted molar refractivity (Wildman–Crippen MR) is 130 cm³/mol. The minimum absolute atomic E-state index is 0. The van der Waals surface area contributed by atoms with E-state index >= 15 is 0 Å². The van der Waals surface area contributed by atoms with E-state index in [1.165, 1.54) is 12.1 Å². The van der Waals surface area contributed by atoms with Gasteiger partial charge in [-0.25, -0.2) is 4.39 Å². The van der Waals surface area contributed by atoms with Gasteiger partial charge in [0.2, 0.25) is 5.91 Å². The van der Waals surface area contributed by atoms with Crippen LogP contribution in [0.15, 0.2) is 53.5 Å². The molecule has 0 aliphatic carbocycles. The Hall–Kier alpha value is -2.20. The smallest absolute Gasteiger partial charge is 0.225 e. The zero-order chi connectivity index (χ0) is 20.6. The minimum atomic E-state index is -0.217. The van der Waals surface area contributed by atoms with Crippen molar-refractivity contribution in [1.29, 1.82) is 0 Å². The molecule has 0 saturated carbocycles. The molecule has 30 heavy (non-hydrogen) atoms. The third kappa shape index (κ3) is 6.94. The Balaban J connectivity index is 0.00000320. The van der Waals surface area contributed by atoms with Gasteiger partial charge in [-0.2, -0.15) is 0 Å². The van der Waals surface area contributed by atoms with Crippen molar-refractivity contribution in [1.82, 2.24) is 15.5 Å². The summed E-state index contributed by atoms with van der Waals surface area (Å²) in [7, 11) is 3.76. The molecule has 3 rings (SSSR count). The Morgan fingerprint density at radius 2 is 1.93 bits per heavy atom. The molecule has 1 amide bonds. The van der Waals surface area contributed by atoms with Crippen molar-refractivity contribution in [3.8, 4) is 0 Å². The van der Waals surface area contributed by atoms with Crippen LogP contribution in [-0.4, -0.2) is 50.5 Å². The summed E-state index contributed by atoms with van der Waals surface area (Å²) in [4.78, 5) is 18.4. The highest BCUT2D eigenvalue weighted by Gasteiger charge is 2.24.